The number of hydrogen-bond acceptors (Lipinski definition) is 5. The summed E-state index contributed by atoms with van der Waals surface area (Å²) in [6, 6.07) is 7.07. The van der Waals surface area contributed by atoms with Crippen LogP contribution in [0.1, 0.15) is 22.9 Å². The van der Waals surface area contributed by atoms with E-state index < -0.39 is 18.7 Å². The van der Waals surface area contributed by atoms with Crippen LogP contribution in [0.2, 0.25) is 0 Å². The van der Waals surface area contributed by atoms with Gasteiger partial charge in [0.25, 0.3) is 0 Å². The Kier molecular flexibility index (Phi) is 8.00. The minimum Gasteiger partial charge on any atom is -0.493 e. The highest BCUT2D eigenvalue weighted by atomic mass is 32.1. The quantitative estimate of drug-likeness (QED) is 0.557. The molecule has 1 aromatic heterocycles. The molecule has 0 radical (unpaired) electrons. The second-order valence-electron chi connectivity index (χ2n) is 5.74. The third-order valence-electron chi connectivity index (χ3n) is 3.77. The third kappa shape index (κ3) is 6.69. The number of methoxy groups -OCH3 is 1. The zero-order chi connectivity index (χ0) is 20.5. The molecular weight excluding hydrogens is 392 g/mol. The lowest BCUT2D eigenvalue weighted by Crippen LogP contribution is -2.36. The number of urea groups is 1. The maximum atomic E-state index is 12.5. The molecule has 0 saturated heterocycles. The summed E-state index contributed by atoms with van der Waals surface area (Å²) >= 11 is 1.41. The van der Waals surface area contributed by atoms with Crippen molar-refractivity contribution in [3.63, 3.8) is 0 Å². The maximum Gasteiger partial charge on any atom is 0.387 e. The molecule has 0 saturated carbocycles. The van der Waals surface area contributed by atoms with Gasteiger partial charge in [-0.15, -0.1) is 11.3 Å². The average molecular weight is 413 g/mol. The van der Waals surface area contributed by atoms with E-state index in [4.69, 9.17) is 10.5 Å². The number of nitrogens with one attached hydrogen (secondary N) is 2. The molecule has 0 fully saturated rings. The first kappa shape index (κ1) is 21.4. The molecule has 152 valence electrons. The van der Waals surface area contributed by atoms with Crippen molar-refractivity contribution in [2.24, 2.45) is 5.73 Å². The highest BCUT2D eigenvalue weighted by Crippen LogP contribution is 2.29. The number of thiophene rings is 1. The van der Waals surface area contributed by atoms with Crippen molar-refractivity contribution in [3.8, 4) is 11.5 Å². The predicted molar refractivity (Wildman–Crippen MR) is 101 cm³/mol. The zero-order valence-electron chi connectivity index (χ0n) is 15.1. The van der Waals surface area contributed by atoms with E-state index in [2.05, 4.69) is 15.4 Å². The van der Waals surface area contributed by atoms with Crippen molar-refractivity contribution >= 4 is 23.3 Å². The van der Waals surface area contributed by atoms with Crippen molar-refractivity contribution < 1.29 is 27.8 Å². The number of rotatable bonds is 10. The number of carbonyl (C=O) groups is 2. The Hall–Kier alpha value is -2.88. The molecule has 0 spiro atoms. The Bertz CT molecular complexity index is 787. The van der Waals surface area contributed by atoms with Crippen LogP contribution in [0.25, 0.3) is 0 Å². The van der Waals surface area contributed by atoms with Crippen LogP contribution in [-0.2, 0) is 11.2 Å². The van der Waals surface area contributed by atoms with E-state index >= 15 is 0 Å². The normalized spacial score (nSPS) is 11.7. The number of nitrogens with two attached hydrogens (primary N) is 1. The van der Waals surface area contributed by atoms with Crippen molar-refractivity contribution in [2.45, 2.75) is 25.5 Å². The zero-order valence-corrected chi connectivity index (χ0v) is 15.9. The standard InChI is InChI=1S/C18H21F2N3O4S/c1-26-13-5-4-11(9-14(13)27-17(19)20)6-7-22-16(24)10-12(23-18(21)25)15-3-2-8-28-15/h2-5,8-9,12,17H,6-7,10H2,1H3,(H,22,24)(H3,21,23,25). The van der Waals surface area contributed by atoms with Gasteiger partial charge in [0.15, 0.2) is 11.5 Å². The molecule has 0 aliphatic carbocycles. The molecule has 0 bridgehead atoms. The topological polar surface area (TPSA) is 103 Å². The summed E-state index contributed by atoms with van der Waals surface area (Å²) < 4.78 is 34.4. The second kappa shape index (κ2) is 10.5. The molecule has 10 heteroatoms. The first-order valence-corrected chi connectivity index (χ1v) is 9.24. The summed E-state index contributed by atoms with van der Waals surface area (Å²) in [7, 11) is 1.36. The van der Waals surface area contributed by atoms with Gasteiger partial charge >= 0.3 is 12.6 Å². The molecule has 1 aromatic carbocycles. The van der Waals surface area contributed by atoms with Gasteiger partial charge < -0.3 is 25.8 Å². The van der Waals surface area contributed by atoms with Crippen LogP contribution in [0, 0.1) is 0 Å². The van der Waals surface area contributed by atoms with Gasteiger partial charge in [0.2, 0.25) is 5.91 Å². The summed E-state index contributed by atoms with van der Waals surface area (Å²) in [5.41, 5.74) is 5.87. The maximum absolute atomic E-state index is 12.5. The van der Waals surface area contributed by atoms with Gasteiger partial charge in [-0.25, -0.2) is 4.79 Å². The van der Waals surface area contributed by atoms with Crippen LogP contribution < -0.4 is 25.8 Å². The molecule has 1 heterocycles. The number of amides is 3. The summed E-state index contributed by atoms with van der Waals surface area (Å²) in [5, 5.41) is 7.12. The van der Waals surface area contributed by atoms with E-state index in [0.717, 1.165) is 4.88 Å². The Balaban J connectivity index is 1.89. The van der Waals surface area contributed by atoms with Crippen LogP contribution in [0.4, 0.5) is 13.6 Å². The number of halogens is 2. The van der Waals surface area contributed by atoms with Crippen LogP contribution >= 0.6 is 11.3 Å². The molecule has 7 nitrogen and oxygen atoms in total. The number of hydrogen-bond donors (Lipinski definition) is 3. The van der Waals surface area contributed by atoms with Gasteiger partial charge in [0.1, 0.15) is 0 Å². The van der Waals surface area contributed by atoms with E-state index in [0.29, 0.717) is 12.0 Å². The summed E-state index contributed by atoms with van der Waals surface area (Å²) in [6.07, 6.45) is 0.439. The van der Waals surface area contributed by atoms with Gasteiger partial charge in [-0.2, -0.15) is 8.78 Å². The van der Waals surface area contributed by atoms with Gasteiger partial charge in [-0.1, -0.05) is 12.1 Å². The average Bonchev–Trinajstić information content (AvgIpc) is 3.15. The molecule has 0 aliphatic rings. The highest BCUT2D eigenvalue weighted by Gasteiger charge is 2.18. The minimum atomic E-state index is -2.96. The summed E-state index contributed by atoms with van der Waals surface area (Å²) in [6.45, 7) is -2.68. The van der Waals surface area contributed by atoms with Gasteiger partial charge in [0, 0.05) is 11.4 Å². The van der Waals surface area contributed by atoms with Crippen molar-refractivity contribution in [1.29, 1.82) is 0 Å². The van der Waals surface area contributed by atoms with E-state index in [1.54, 1.807) is 12.1 Å². The Morgan fingerprint density at radius 3 is 2.64 bits per heavy atom. The first-order valence-electron chi connectivity index (χ1n) is 8.37. The van der Waals surface area contributed by atoms with Crippen LogP contribution in [0.5, 0.6) is 11.5 Å². The molecule has 0 aliphatic heterocycles. The Morgan fingerprint density at radius 1 is 1.25 bits per heavy atom. The van der Waals surface area contributed by atoms with Crippen molar-refractivity contribution in [1.82, 2.24) is 10.6 Å². The summed E-state index contributed by atoms with van der Waals surface area (Å²) in [4.78, 5) is 24.2. The van der Waals surface area contributed by atoms with E-state index in [-0.39, 0.29) is 30.4 Å². The third-order valence-corrected chi connectivity index (χ3v) is 4.76. The highest BCUT2D eigenvalue weighted by molar-refractivity contribution is 7.10. The van der Waals surface area contributed by atoms with Crippen molar-refractivity contribution in [2.75, 3.05) is 13.7 Å². The fourth-order valence-corrected chi connectivity index (χ4v) is 3.33. The molecule has 4 N–H and O–H groups in total. The number of carbonyl (C=O) groups excluding carboxylic acids is 2. The SMILES string of the molecule is COc1ccc(CCNC(=O)CC(NC(N)=O)c2cccs2)cc1OC(F)F. The van der Waals surface area contributed by atoms with Crippen molar-refractivity contribution in [3.05, 3.63) is 46.2 Å². The predicted octanol–water partition coefficient (Wildman–Crippen LogP) is 2.82. The first-order chi connectivity index (χ1) is 13.4. The van der Waals surface area contributed by atoms with E-state index in [1.807, 2.05) is 11.4 Å². The van der Waals surface area contributed by atoms with Crippen LogP contribution in [-0.4, -0.2) is 32.2 Å². The lowest BCUT2D eigenvalue weighted by atomic mass is 10.1. The van der Waals surface area contributed by atoms with Gasteiger partial charge in [-0.3, -0.25) is 4.79 Å². The number of ether oxygens (including phenoxy) is 2. The largest absolute Gasteiger partial charge is 0.493 e. The Morgan fingerprint density at radius 2 is 2.04 bits per heavy atom. The summed E-state index contributed by atoms with van der Waals surface area (Å²) in [5.74, 6) is -0.140. The second-order valence-corrected chi connectivity index (χ2v) is 6.72. The van der Waals surface area contributed by atoms with Gasteiger partial charge in [-0.05, 0) is 35.6 Å². The van der Waals surface area contributed by atoms with Gasteiger partial charge in [0.05, 0.1) is 19.6 Å². The lowest BCUT2D eigenvalue weighted by Gasteiger charge is -2.16. The molecule has 1 atom stereocenters. The number of alkyl halides is 2. The van der Waals surface area contributed by atoms with Crippen LogP contribution in [0.15, 0.2) is 35.7 Å². The number of primary amides is 1. The molecular formula is C18H21F2N3O4S. The van der Waals surface area contributed by atoms with Crippen LogP contribution in [0.3, 0.4) is 0 Å². The molecule has 28 heavy (non-hydrogen) atoms. The fraction of sp³-hybridized carbons (Fsp3) is 0.333. The monoisotopic (exact) mass is 413 g/mol. The molecule has 3 amide bonds. The smallest absolute Gasteiger partial charge is 0.387 e. The fourth-order valence-electron chi connectivity index (χ4n) is 2.55. The molecule has 2 rings (SSSR count). The minimum absolute atomic E-state index is 0.0335. The lowest BCUT2D eigenvalue weighted by molar-refractivity contribution is -0.121. The Labute approximate surface area is 164 Å². The molecule has 2 aromatic rings. The number of benzene rings is 1. The van der Waals surface area contributed by atoms with E-state index in [1.165, 1.54) is 30.6 Å². The van der Waals surface area contributed by atoms with E-state index in [9.17, 15) is 18.4 Å². The molecule has 1 unspecified atom stereocenters.